The molecule has 3 heterocycles. The van der Waals surface area contributed by atoms with E-state index in [-0.39, 0.29) is 6.10 Å². The summed E-state index contributed by atoms with van der Waals surface area (Å²) < 4.78 is 51.6. The minimum Gasteiger partial charge on any atom is -0.461 e. The van der Waals surface area contributed by atoms with Crippen LogP contribution >= 0.6 is 11.8 Å². The fourth-order valence-corrected chi connectivity index (χ4v) is 4.52. The Morgan fingerprint density at radius 2 is 1.94 bits per heavy atom. The van der Waals surface area contributed by atoms with Crippen LogP contribution in [0.4, 0.5) is 13.2 Å². The van der Waals surface area contributed by atoms with Gasteiger partial charge >= 0.3 is 6.18 Å². The second kappa shape index (κ2) is 9.68. The van der Waals surface area contributed by atoms with Gasteiger partial charge in [0.05, 0.1) is 24.5 Å². The SMILES string of the molecule is Cc1ccoc1-c1nnc(SCCCN2CCO[C@@H](c3ccc(C(F)(F)F)cc3)C2)n1C. The van der Waals surface area contributed by atoms with E-state index in [1.807, 2.05) is 24.6 Å². The molecule has 1 atom stereocenters. The van der Waals surface area contributed by atoms with Crippen LogP contribution in [0.1, 0.15) is 29.2 Å². The highest BCUT2D eigenvalue weighted by Gasteiger charge is 2.30. The molecule has 32 heavy (non-hydrogen) atoms. The van der Waals surface area contributed by atoms with E-state index in [0.29, 0.717) is 19.0 Å². The monoisotopic (exact) mass is 466 g/mol. The van der Waals surface area contributed by atoms with Gasteiger partial charge in [0.1, 0.15) is 0 Å². The van der Waals surface area contributed by atoms with E-state index in [9.17, 15) is 13.2 Å². The molecule has 1 aliphatic heterocycles. The van der Waals surface area contributed by atoms with Crippen LogP contribution in [0.2, 0.25) is 0 Å². The van der Waals surface area contributed by atoms with Gasteiger partial charge in [0.25, 0.3) is 0 Å². The molecular weight excluding hydrogens is 441 g/mol. The lowest BCUT2D eigenvalue weighted by Crippen LogP contribution is -2.39. The van der Waals surface area contributed by atoms with E-state index >= 15 is 0 Å². The van der Waals surface area contributed by atoms with Crippen LogP contribution in [-0.2, 0) is 18.0 Å². The smallest absolute Gasteiger partial charge is 0.416 e. The molecule has 6 nitrogen and oxygen atoms in total. The third-order valence-corrected chi connectivity index (χ3v) is 6.62. The van der Waals surface area contributed by atoms with E-state index in [1.165, 1.54) is 12.1 Å². The zero-order chi connectivity index (χ0) is 22.7. The van der Waals surface area contributed by atoms with Gasteiger partial charge in [0, 0.05) is 25.9 Å². The van der Waals surface area contributed by atoms with Gasteiger partial charge in [-0.3, -0.25) is 4.90 Å². The first-order valence-corrected chi connectivity index (χ1v) is 11.4. The number of aryl methyl sites for hydroxylation is 1. The number of hydrogen-bond acceptors (Lipinski definition) is 6. The Bertz CT molecular complexity index is 1030. The number of furan rings is 1. The molecule has 0 saturated carbocycles. The van der Waals surface area contributed by atoms with E-state index in [0.717, 1.165) is 59.4 Å². The summed E-state index contributed by atoms with van der Waals surface area (Å²) >= 11 is 1.64. The second-order valence-electron chi connectivity index (χ2n) is 7.78. The van der Waals surface area contributed by atoms with Crippen LogP contribution in [-0.4, -0.2) is 51.7 Å². The summed E-state index contributed by atoms with van der Waals surface area (Å²) in [4.78, 5) is 2.29. The largest absolute Gasteiger partial charge is 0.461 e. The van der Waals surface area contributed by atoms with E-state index < -0.39 is 11.7 Å². The highest BCUT2D eigenvalue weighted by Crippen LogP contribution is 2.31. The molecule has 1 fully saturated rings. The van der Waals surface area contributed by atoms with Gasteiger partial charge in [0.15, 0.2) is 16.7 Å². The van der Waals surface area contributed by atoms with Crippen molar-refractivity contribution < 1.29 is 22.3 Å². The predicted octanol–water partition coefficient (Wildman–Crippen LogP) is 4.96. The van der Waals surface area contributed by atoms with Crippen LogP contribution in [0, 0.1) is 6.92 Å². The van der Waals surface area contributed by atoms with Crippen molar-refractivity contribution >= 4 is 11.8 Å². The first-order valence-electron chi connectivity index (χ1n) is 10.4. The Kier molecular flexibility index (Phi) is 6.92. The van der Waals surface area contributed by atoms with Crippen LogP contribution in [0.15, 0.2) is 46.2 Å². The Hall–Kier alpha value is -2.30. The van der Waals surface area contributed by atoms with Crippen molar-refractivity contribution in [1.29, 1.82) is 0 Å². The highest BCUT2D eigenvalue weighted by molar-refractivity contribution is 7.99. The predicted molar refractivity (Wildman–Crippen MR) is 115 cm³/mol. The molecule has 0 N–H and O–H groups in total. The van der Waals surface area contributed by atoms with Gasteiger partial charge in [-0.25, -0.2) is 0 Å². The third kappa shape index (κ3) is 5.19. The summed E-state index contributed by atoms with van der Waals surface area (Å²) in [6, 6.07) is 7.16. The van der Waals surface area contributed by atoms with Gasteiger partial charge in [0.2, 0.25) is 0 Å². The third-order valence-electron chi connectivity index (χ3n) is 5.51. The highest BCUT2D eigenvalue weighted by atomic mass is 32.2. The molecule has 10 heteroatoms. The van der Waals surface area contributed by atoms with Crippen LogP contribution < -0.4 is 0 Å². The minimum absolute atomic E-state index is 0.212. The number of aromatic nitrogens is 3. The molecule has 0 bridgehead atoms. The average Bonchev–Trinajstić information content (AvgIpc) is 3.36. The molecule has 0 unspecified atom stereocenters. The van der Waals surface area contributed by atoms with Crippen molar-refractivity contribution in [3.05, 3.63) is 53.3 Å². The van der Waals surface area contributed by atoms with Crippen LogP contribution in [0.3, 0.4) is 0 Å². The number of ether oxygens (including phenoxy) is 1. The van der Waals surface area contributed by atoms with Crippen molar-refractivity contribution in [1.82, 2.24) is 19.7 Å². The zero-order valence-electron chi connectivity index (χ0n) is 17.9. The molecular formula is C22H25F3N4O2S. The summed E-state index contributed by atoms with van der Waals surface area (Å²) in [7, 11) is 1.93. The quantitative estimate of drug-likeness (QED) is 0.363. The number of morpholine rings is 1. The number of nitrogens with zero attached hydrogens (tertiary/aromatic N) is 4. The standard InChI is InChI=1S/C22H25F3N4O2S/c1-15-8-11-31-19(15)20-26-27-21(28(20)2)32-13-3-9-29-10-12-30-18(14-29)16-4-6-17(7-5-16)22(23,24)25/h4-8,11,18H,3,9-10,12-14H2,1-2H3/t18-/m1/s1. The molecule has 0 radical (unpaired) electrons. The Morgan fingerprint density at radius 1 is 1.16 bits per heavy atom. The molecule has 1 aliphatic rings. The van der Waals surface area contributed by atoms with Crippen molar-refractivity contribution in [3.8, 4) is 11.6 Å². The van der Waals surface area contributed by atoms with Crippen LogP contribution in [0.5, 0.6) is 0 Å². The molecule has 3 aromatic rings. The molecule has 0 amide bonds. The van der Waals surface area contributed by atoms with Crippen molar-refractivity contribution in [2.24, 2.45) is 7.05 Å². The number of benzene rings is 1. The molecule has 1 saturated heterocycles. The number of hydrogen-bond donors (Lipinski definition) is 0. The molecule has 2 aromatic heterocycles. The van der Waals surface area contributed by atoms with Crippen molar-refractivity contribution in [3.63, 3.8) is 0 Å². The fraction of sp³-hybridized carbons (Fsp3) is 0.455. The van der Waals surface area contributed by atoms with E-state index in [2.05, 4.69) is 15.1 Å². The van der Waals surface area contributed by atoms with Crippen LogP contribution in [0.25, 0.3) is 11.6 Å². The molecule has 1 aromatic carbocycles. The molecule has 0 aliphatic carbocycles. The first kappa shape index (κ1) is 22.9. The molecule has 4 rings (SSSR count). The summed E-state index contributed by atoms with van der Waals surface area (Å²) in [5, 5.41) is 9.36. The Morgan fingerprint density at radius 3 is 2.62 bits per heavy atom. The maximum Gasteiger partial charge on any atom is 0.416 e. The molecule has 0 spiro atoms. The first-order chi connectivity index (χ1) is 15.3. The molecule has 172 valence electrons. The number of thioether (sulfide) groups is 1. The fourth-order valence-electron chi connectivity index (χ4n) is 3.69. The maximum absolute atomic E-state index is 12.8. The lowest BCUT2D eigenvalue weighted by Gasteiger charge is -2.33. The second-order valence-corrected chi connectivity index (χ2v) is 8.84. The Labute approximate surface area is 188 Å². The number of halogens is 3. The summed E-state index contributed by atoms with van der Waals surface area (Å²) in [6.45, 7) is 4.90. The normalized spacial score (nSPS) is 17.7. The van der Waals surface area contributed by atoms with Gasteiger partial charge < -0.3 is 13.7 Å². The number of alkyl halides is 3. The minimum atomic E-state index is -4.32. The topological polar surface area (TPSA) is 56.3 Å². The number of rotatable bonds is 7. The van der Waals surface area contributed by atoms with E-state index in [1.54, 1.807) is 18.0 Å². The maximum atomic E-state index is 12.8. The zero-order valence-corrected chi connectivity index (χ0v) is 18.7. The van der Waals surface area contributed by atoms with Gasteiger partial charge in [-0.15, -0.1) is 10.2 Å². The van der Waals surface area contributed by atoms with E-state index in [4.69, 9.17) is 9.15 Å². The van der Waals surface area contributed by atoms with Gasteiger partial charge in [-0.2, -0.15) is 13.2 Å². The summed E-state index contributed by atoms with van der Waals surface area (Å²) in [6.07, 6.45) is -1.94. The summed E-state index contributed by atoms with van der Waals surface area (Å²) in [5.41, 5.74) is 1.16. The Balaban J connectivity index is 1.26. The van der Waals surface area contributed by atoms with Crippen molar-refractivity contribution in [2.45, 2.75) is 30.8 Å². The lowest BCUT2D eigenvalue weighted by atomic mass is 10.1. The summed E-state index contributed by atoms with van der Waals surface area (Å²) in [5.74, 6) is 2.32. The van der Waals surface area contributed by atoms with Gasteiger partial charge in [-0.1, -0.05) is 23.9 Å². The van der Waals surface area contributed by atoms with Gasteiger partial charge in [-0.05, 0) is 49.2 Å². The van der Waals surface area contributed by atoms with Crippen molar-refractivity contribution in [2.75, 3.05) is 32.0 Å². The lowest BCUT2D eigenvalue weighted by molar-refractivity contribution is -0.137. The average molecular weight is 467 g/mol.